The topological polar surface area (TPSA) is 69.6 Å². The summed E-state index contributed by atoms with van der Waals surface area (Å²) in [4.78, 5) is 25.3. The lowest BCUT2D eigenvalue weighted by molar-refractivity contribution is -0.141. The molecule has 1 heterocycles. The van der Waals surface area contributed by atoms with Gasteiger partial charge in [0.05, 0.1) is 5.37 Å². The van der Waals surface area contributed by atoms with Gasteiger partial charge in [-0.3, -0.25) is 4.90 Å². The quantitative estimate of drug-likeness (QED) is 0.832. The molecule has 20 heavy (non-hydrogen) atoms. The fourth-order valence-corrected chi connectivity index (χ4v) is 4.58. The van der Waals surface area contributed by atoms with E-state index < -0.39 is 12.0 Å². The number of carbonyl (C=O) groups excluding carboxylic acids is 1. The molecule has 0 spiro atoms. The molecule has 0 radical (unpaired) electrons. The molecule has 3 aliphatic rings. The lowest BCUT2D eigenvalue weighted by Crippen LogP contribution is -2.51. The number of nitrogens with one attached hydrogen (secondary N) is 1. The van der Waals surface area contributed by atoms with Crippen LogP contribution in [0.25, 0.3) is 0 Å². The van der Waals surface area contributed by atoms with Crippen LogP contribution in [0.3, 0.4) is 0 Å². The van der Waals surface area contributed by atoms with Crippen molar-refractivity contribution in [3.63, 3.8) is 0 Å². The summed E-state index contributed by atoms with van der Waals surface area (Å²) < 4.78 is 0. The van der Waals surface area contributed by atoms with Gasteiger partial charge in [0, 0.05) is 12.3 Å². The van der Waals surface area contributed by atoms with E-state index in [1.807, 2.05) is 0 Å². The lowest BCUT2D eigenvalue weighted by Gasteiger charge is -2.27. The molecule has 1 saturated heterocycles. The van der Waals surface area contributed by atoms with Crippen LogP contribution in [0.4, 0.5) is 4.79 Å². The molecule has 3 unspecified atom stereocenters. The van der Waals surface area contributed by atoms with Gasteiger partial charge in [-0.2, -0.15) is 0 Å². The number of hydrogen-bond acceptors (Lipinski definition) is 3. The van der Waals surface area contributed by atoms with Crippen LogP contribution in [0.15, 0.2) is 0 Å². The van der Waals surface area contributed by atoms with E-state index in [0.29, 0.717) is 29.5 Å². The van der Waals surface area contributed by atoms with Gasteiger partial charge in [0.2, 0.25) is 0 Å². The Morgan fingerprint density at radius 1 is 1.40 bits per heavy atom. The number of thioether (sulfide) groups is 1. The highest BCUT2D eigenvalue weighted by molar-refractivity contribution is 8.00. The molecule has 0 aromatic carbocycles. The number of aliphatic carboxylic acids is 1. The first kappa shape index (κ1) is 14.0. The van der Waals surface area contributed by atoms with E-state index in [-0.39, 0.29) is 11.4 Å². The second kappa shape index (κ2) is 4.83. The minimum atomic E-state index is -0.887. The molecule has 112 valence electrons. The summed E-state index contributed by atoms with van der Waals surface area (Å²) in [5.41, 5.74) is 0.329. The van der Waals surface area contributed by atoms with E-state index in [4.69, 9.17) is 0 Å². The molecule has 2 amide bonds. The summed E-state index contributed by atoms with van der Waals surface area (Å²) in [7, 11) is 0. The average Bonchev–Trinajstić information content (AvgIpc) is 3.25. The minimum absolute atomic E-state index is 0.0586. The Morgan fingerprint density at radius 3 is 2.55 bits per heavy atom. The standard InChI is InChI=1S/C14H22N2O3S/c1-14(2)5-9(14)6-15-13(19)16-10(12(17)18)7-20-11(16)8-3-4-8/h8-11H,3-7H2,1-2H3,(H,15,19)(H,17,18). The Hall–Kier alpha value is -0.910. The van der Waals surface area contributed by atoms with Crippen LogP contribution in [0, 0.1) is 17.3 Å². The van der Waals surface area contributed by atoms with Crippen molar-refractivity contribution >= 4 is 23.8 Å². The van der Waals surface area contributed by atoms with Gasteiger partial charge < -0.3 is 10.4 Å². The Kier molecular flexibility index (Phi) is 3.39. The summed E-state index contributed by atoms with van der Waals surface area (Å²) in [6, 6.07) is -0.861. The number of carbonyl (C=O) groups is 2. The Bertz CT molecular complexity index is 436. The first-order chi connectivity index (χ1) is 9.40. The zero-order chi connectivity index (χ0) is 14.5. The Balaban J connectivity index is 1.61. The van der Waals surface area contributed by atoms with Crippen molar-refractivity contribution in [3.8, 4) is 0 Å². The van der Waals surface area contributed by atoms with E-state index in [1.165, 1.54) is 0 Å². The molecule has 2 saturated carbocycles. The largest absolute Gasteiger partial charge is 0.480 e. The molecular weight excluding hydrogens is 276 g/mol. The van der Waals surface area contributed by atoms with E-state index in [1.54, 1.807) is 16.7 Å². The van der Waals surface area contributed by atoms with Gasteiger partial charge in [-0.25, -0.2) is 9.59 Å². The van der Waals surface area contributed by atoms with Crippen LogP contribution < -0.4 is 5.32 Å². The molecule has 2 N–H and O–H groups in total. The number of amides is 2. The fourth-order valence-electron chi connectivity index (χ4n) is 2.95. The van der Waals surface area contributed by atoms with Gasteiger partial charge in [-0.15, -0.1) is 11.8 Å². The normalized spacial score (nSPS) is 34.9. The van der Waals surface area contributed by atoms with Crippen LogP contribution in [0.2, 0.25) is 0 Å². The van der Waals surface area contributed by atoms with Gasteiger partial charge >= 0.3 is 12.0 Å². The highest BCUT2D eigenvalue weighted by Crippen LogP contribution is 2.51. The number of carboxylic acid groups (broad SMARTS) is 1. The van der Waals surface area contributed by atoms with Crippen LogP contribution in [0.5, 0.6) is 0 Å². The van der Waals surface area contributed by atoms with Crippen molar-refractivity contribution in [1.29, 1.82) is 0 Å². The zero-order valence-corrected chi connectivity index (χ0v) is 12.8. The Morgan fingerprint density at radius 2 is 2.05 bits per heavy atom. The molecule has 6 heteroatoms. The molecule has 0 aromatic rings. The average molecular weight is 298 g/mol. The number of carboxylic acids is 1. The zero-order valence-electron chi connectivity index (χ0n) is 12.0. The molecule has 5 nitrogen and oxygen atoms in total. The first-order valence-corrected chi connectivity index (χ1v) is 8.35. The maximum atomic E-state index is 12.4. The third kappa shape index (κ3) is 2.62. The molecular formula is C14H22N2O3S. The third-order valence-corrected chi connectivity index (χ3v) is 6.26. The van der Waals surface area contributed by atoms with Gasteiger partial charge in [0.25, 0.3) is 0 Å². The first-order valence-electron chi connectivity index (χ1n) is 7.31. The van der Waals surface area contributed by atoms with Crippen molar-refractivity contribution in [1.82, 2.24) is 10.2 Å². The van der Waals surface area contributed by atoms with E-state index >= 15 is 0 Å². The maximum absolute atomic E-state index is 12.4. The SMILES string of the molecule is CC1(C)CC1CNC(=O)N1C(C(=O)O)CSC1C1CC1. The number of rotatable bonds is 4. The molecule has 2 aliphatic carbocycles. The number of urea groups is 1. The van der Waals surface area contributed by atoms with Crippen molar-refractivity contribution in [3.05, 3.63) is 0 Å². The minimum Gasteiger partial charge on any atom is -0.480 e. The van der Waals surface area contributed by atoms with Crippen molar-refractivity contribution in [2.45, 2.75) is 44.5 Å². The summed E-state index contributed by atoms with van der Waals surface area (Å²) >= 11 is 1.62. The number of nitrogens with zero attached hydrogens (tertiary/aromatic N) is 1. The molecule has 3 fully saturated rings. The van der Waals surface area contributed by atoms with Crippen LogP contribution in [-0.4, -0.2) is 45.7 Å². The fraction of sp³-hybridized carbons (Fsp3) is 0.857. The molecule has 0 aromatic heterocycles. The predicted octanol–water partition coefficient (Wildman–Crippen LogP) is 1.98. The molecule has 3 atom stereocenters. The third-order valence-electron chi connectivity index (χ3n) is 4.80. The van der Waals surface area contributed by atoms with Crippen molar-refractivity contribution in [2.75, 3.05) is 12.3 Å². The van der Waals surface area contributed by atoms with Gasteiger partial charge in [0.15, 0.2) is 0 Å². The van der Waals surface area contributed by atoms with Gasteiger partial charge in [-0.05, 0) is 36.5 Å². The van der Waals surface area contributed by atoms with Crippen LogP contribution >= 0.6 is 11.8 Å². The monoisotopic (exact) mass is 298 g/mol. The van der Waals surface area contributed by atoms with E-state index in [9.17, 15) is 14.7 Å². The van der Waals surface area contributed by atoms with Crippen molar-refractivity contribution < 1.29 is 14.7 Å². The molecule has 3 rings (SSSR count). The maximum Gasteiger partial charge on any atom is 0.327 e. The van der Waals surface area contributed by atoms with Gasteiger partial charge in [0.1, 0.15) is 6.04 Å². The predicted molar refractivity (Wildman–Crippen MR) is 77.5 cm³/mol. The van der Waals surface area contributed by atoms with E-state index in [2.05, 4.69) is 19.2 Å². The van der Waals surface area contributed by atoms with Crippen LogP contribution in [-0.2, 0) is 4.79 Å². The summed E-state index contributed by atoms with van der Waals surface area (Å²) in [5, 5.41) is 12.3. The number of hydrogen-bond donors (Lipinski definition) is 2. The summed E-state index contributed by atoms with van der Waals surface area (Å²) in [6.07, 6.45) is 3.36. The van der Waals surface area contributed by atoms with E-state index in [0.717, 1.165) is 19.3 Å². The lowest BCUT2D eigenvalue weighted by atomic mass is 10.1. The second-order valence-corrected chi connectivity index (χ2v) is 8.05. The van der Waals surface area contributed by atoms with Gasteiger partial charge in [-0.1, -0.05) is 13.8 Å². The summed E-state index contributed by atoms with van der Waals surface area (Å²) in [6.45, 7) is 5.06. The smallest absolute Gasteiger partial charge is 0.327 e. The Labute approximate surface area is 123 Å². The summed E-state index contributed by atoms with van der Waals surface area (Å²) in [5.74, 6) is 0.651. The molecule has 1 aliphatic heterocycles. The van der Waals surface area contributed by atoms with Crippen molar-refractivity contribution in [2.24, 2.45) is 17.3 Å². The molecule has 0 bridgehead atoms. The second-order valence-electron chi connectivity index (χ2n) is 6.90. The highest BCUT2D eigenvalue weighted by Gasteiger charge is 2.49. The van der Waals surface area contributed by atoms with Crippen LogP contribution in [0.1, 0.15) is 33.1 Å². The highest BCUT2D eigenvalue weighted by atomic mass is 32.2.